The van der Waals surface area contributed by atoms with Gasteiger partial charge < -0.3 is 15.3 Å². The predicted octanol–water partition coefficient (Wildman–Crippen LogP) is 3.30. The van der Waals surface area contributed by atoms with Crippen molar-refractivity contribution >= 4 is 22.6 Å². The van der Waals surface area contributed by atoms with E-state index in [4.69, 9.17) is 10.1 Å². The second-order valence-corrected chi connectivity index (χ2v) is 6.75. The van der Waals surface area contributed by atoms with Gasteiger partial charge in [-0.05, 0) is 50.2 Å². The molecular weight excluding hydrogens is 342 g/mol. The summed E-state index contributed by atoms with van der Waals surface area (Å²) >= 11 is 0. The van der Waals surface area contributed by atoms with Crippen LogP contribution in [0, 0.1) is 5.41 Å². The highest BCUT2D eigenvalue weighted by atomic mass is 16.5. The average molecular weight is 365 g/mol. The van der Waals surface area contributed by atoms with Crippen molar-refractivity contribution in [2.45, 2.75) is 19.3 Å². The van der Waals surface area contributed by atoms with Gasteiger partial charge in [0.2, 0.25) is 0 Å². The molecule has 0 amide bonds. The van der Waals surface area contributed by atoms with E-state index in [0.717, 1.165) is 25.2 Å². The van der Waals surface area contributed by atoms with Crippen molar-refractivity contribution in [2.24, 2.45) is 4.99 Å². The summed E-state index contributed by atoms with van der Waals surface area (Å²) in [6, 6.07) is 5.73. The van der Waals surface area contributed by atoms with Crippen LogP contribution in [0.3, 0.4) is 0 Å². The van der Waals surface area contributed by atoms with E-state index in [2.05, 4.69) is 15.0 Å². The van der Waals surface area contributed by atoms with Gasteiger partial charge in [-0.3, -0.25) is 4.90 Å². The first kappa shape index (κ1) is 17.5. The zero-order valence-electron chi connectivity index (χ0n) is 15.1. The largest absolute Gasteiger partial charge is 0.506 e. The van der Waals surface area contributed by atoms with E-state index in [0.29, 0.717) is 23.9 Å². The van der Waals surface area contributed by atoms with Crippen molar-refractivity contribution < 1.29 is 9.84 Å². The number of pyridine rings is 1. The third kappa shape index (κ3) is 3.93. The highest BCUT2D eigenvalue weighted by molar-refractivity contribution is 6.20. The van der Waals surface area contributed by atoms with Gasteiger partial charge in [-0.2, -0.15) is 0 Å². The number of hydrogen-bond acceptors (Lipinski definition) is 6. The quantitative estimate of drug-likeness (QED) is 0.796. The van der Waals surface area contributed by atoms with Gasteiger partial charge in [0.05, 0.1) is 11.2 Å². The Morgan fingerprint density at radius 2 is 2.04 bits per heavy atom. The van der Waals surface area contributed by atoms with E-state index in [1.807, 2.05) is 24.4 Å². The van der Waals surface area contributed by atoms with Gasteiger partial charge in [0.15, 0.2) is 5.69 Å². The molecule has 1 aliphatic carbocycles. The summed E-state index contributed by atoms with van der Waals surface area (Å²) in [6.45, 7) is 3.66. The molecule has 27 heavy (non-hydrogen) atoms. The molecule has 2 aromatic rings. The topological polar surface area (TPSA) is 86.2 Å². The molecule has 1 aliphatic heterocycles. The zero-order valence-corrected chi connectivity index (χ0v) is 15.1. The number of aromatic nitrogens is 2. The van der Waals surface area contributed by atoms with E-state index >= 15 is 0 Å². The van der Waals surface area contributed by atoms with E-state index in [1.165, 1.54) is 25.3 Å². The van der Waals surface area contributed by atoms with Crippen LogP contribution in [0.25, 0.3) is 5.52 Å². The maximum atomic E-state index is 10.1. The number of nitrogens with one attached hydrogen (secondary N) is 1. The molecule has 1 fully saturated rings. The van der Waals surface area contributed by atoms with E-state index in [1.54, 1.807) is 16.7 Å². The fourth-order valence-electron chi connectivity index (χ4n) is 3.36. The van der Waals surface area contributed by atoms with Gasteiger partial charge >= 0.3 is 0 Å². The lowest BCUT2D eigenvalue weighted by atomic mass is 10.1. The lowest BCUT2D eigenvalue weighted by Crippen LogP contribution is -2.33. The monoisotopic (exact) mass is 365 g/mol. The number of nitrogens with zero attached hydrogens (tertiary/aromatic N) is 4. The molecule has 0 radical (unpaired) electrons. The molecule has 0 atom stereocenters. The number of aliphatic imine (C=N–C) groups is 1. The predicted molar refractivity (Wildman–Crippen MR) is 106 cm³/mol. The Balaban J connectivity index is 1.59. The highest BCUT2D eigenvalue weighted by Gasteiger charge is 2.17. The number of piperidine rings is 1. The van der Waals surface area contributed by atoms with Crippen LogP contribution in [0.2, 0.25) is 0 Å². The van der Waals surface area contributed by atoms with Gasteiger partial charge in [-0.25, -0.2) is 9.51 Å². The lowest BCUT2D eigenvalue weighted by Gasteiger charge is -2.25. The number of fused-ring (bicyclic) bond motifs is 1. The molecule has 0 aromatic carbocycles. The molecule has 2 aromatic heterocycles. The number of aliphatic hydroxyl groups is 1. The van der Waals surface area contributed by atoms with Crippen LogP contribution in [0.4, 0.5) is 5.69 Å². The molecular formula is C20H23N5O2. The highest BCUT2D eigenvalue weighted by Crippen LogP contribution is 2.32. The minimum atomic E-state index is -0.0305. The summed E-state index contributed by atoms with van der Waals surface area (Å²) in [5, 5.41) is 22.2. The molecule has 7 heteroatoms. The molecule has 7 nitrogen and oxygen atoms in total. The molecule has 0 saturated carbocycles. The molecule has 140 valence electrons. The third-order valence-electron chi connectivity index (χ3n) is 4.79. The fraction of sp³-hybridized carbons (Fsp3) is 0.350. The Morgan fingerprint density at radius 1 is 1.19 bits per heavy atom. The summed E-state index contributed by atoms with van der Waals surface area (Å²) in [5.74, 6) is 0.421. The maximum Gasteiger partial charge on any atom is 0.260 e. The number of likely N-dealkylation sites (tertiary alicyclic amines) is 1. The first-order valence-corrected chi connectivity index (χ1v) is 9.29. The smallest absolute Gasteiger partial charge is 0.260 e. The first-order chi connectivity index (χ1) is 13.2. The van der Waals surface area contributed by atoms with E-state index in [9.17, 15) is 5.11 Å². The number of hydrogen-bond donors (Lipinski definition) is 2. The van der Waals surface area contributed by atoms with Crippen LogP contribution >= 0.6 is 0 Å². The lowest BCUT2D eigenvalue weighted by molar-refractivity contribution is 0.180. The molecule has 2 N–H and O–H groups in total. The van der Waals surface area contributed by atoms with E-state index < -0.39 is 0 Å². The van der Waals surface area contributed by atoms with E-state index in [-0.39, 0.29) is 11.5 Å². The van der Waals surface area contributed by atoms with Crippen molar-refractivity contribution in [1.29, 1.82) is 5.41 Å². The van der Waals surface area contributed by atoms with Crippen LogP contribution < -0.4 is 4.74 Å². The number of rotatable bonds is 5. The Bertz CT molecular complexity index is 935. The zero-order chi connectivity index (χ0) is 18.6. The Morgan fingerprint density at radius 3 is 2.85 bits per heavy atom. The minimum Gasteiger partial charge on any atom is -0.506 e. The number of aliphatic hydroxyl groups excluding tert-OH is 1. The molecule has 2 aliphatic rings. The second kappa shape index (κ2) is 7.75. The van der Waals surface area contributed by atoms with Crippen molar-refractivity contribution in [1.82, 2.24) is 14.5 Å². The standard InChI is InChI=1S/C20H23N5O2/c21-15-7-8-16(18(26)14-15)22-19-17-6-2-5-11-25(17)23-20(19)27-13-12-24-9-3-1-4-10-24/h2,5-8,11,14,21,26H,1,3-4,9-10,12-13H2/b21-15?,22-16+. The SMILES string of the molecule is N=C1C=C/C(=N\c2c(OCCN3CCCCC3)nn3ccccc23)C(O)=C1. The molecule has 0 unspecified atom stereocenters. The fourth-order valence-corrected chi connectivity index (χ4v) is 3.36. The van der Waals surface area contributed by atoms with Gasteiger partial charge in [-0.1, -0.05) is 12.5 Å². The molecule has 0 spiro atoms. The average Bonchev–Trinajstić information content (AvgIpc) is 3.02. The summed E-state index contributed by atoms with van der Waals surface area (Å²) < 4.78 is 7.70. The molecule has 4 rings (SSSR count). The summed E-state index contributed by atoms with van der Waals surface area (Å²) in [6.07, 6.45) is 10.3. The van der Waals surface area contributed by atoms with Crippen LogP contribution in [-0.2, 0) is 0 Å². The van der Waals surface area contributed by atoms with Crippen LogP contribution in [0.1, 0.15) is 19.3 Å². The summed E-state index contributed by atoms with van der Waals surface area (Å²) in [4.78, 5) is 6.99. The normalized spacial score (nSPS) is 19.6. The first-order valence-electron chi connectivity index (χ1n) is 9.29. The van der Waals surface area contributed by atoms with Gasteiger partial charge in [-0.15, -0.1) is 5.10 Å². The van der Waals surface area contributed by atoms with Crippen molar-refractivity contribution in [3.05, 3.63) is 48.4 Å². The molecule has 1 saturated heterocycles. The second-order valence-electron chi connectivity index (χ2n) is 6.75. The number of allylic oxidation sites excluding steroid dienone is 3. The van der Waals surface area contributed by atoms with Crippen LogP contribution in [0.15, 0.2) is 53.4 Å². The van der Waals surface area contributed by atoms with Crippen molar-refractivity contribution in [3.63, 3.8) is 0 Å². The minimum absolute atomic E-state index is 0.0305. The molecule has 0 bridgehead atoms. The van der Waals surface area contributed by atoms with Gasteiger partial charge in [0.25, 0.3) is 5.88 Å². The summed E-state index contributed by atoms with van der Waals surface area (Å²) in [7, 11) is 0. The van der Waals surface area contributed by atoms with Gasteiger partial charge in [0.1, 0.15) is 18.1 Å². The summed E-state index contributed by atoms with van der Waals surface area (Å²) in [5.41, 5.74) is 2.03. The van der Waals surface area contributed by atoms with Crippen LogP contribution in [-0.4, -0.2) is 57.3 Å². The number of ether oxygens (including phenoxy) is 1. The Kier molecular flexibility index (Phi) is 5.02. The Hall–Kier alpha value is -2.93. The third-order valence-corrected chi connectivity index (χ3v) is 4.79. The van der Waals surface area contributed by atoms with Crippen LogP contribution in [0.5, 0.6) is 5.88 Å². The van der Waals surface area contributed by atoms with Gasteiger partial charge in [0, 0.05) is 18.8 Å². The maximum absolute atomic E-state index is 10.1. The Labute approximate surface area is 157 Å². The van der Waals surface area contributed by atoms with Crippen molar-refractivity contribution in [3.8, 4) is 5.88 Å². The molecule has 3 heterocycles. The van der Waals surface area contributed by atoms with Crippen molar-refractivity contribution in [2.75, 3.05) is 26.2 Å².